The number of carbonyl (C=O) groups excluding carboxylic acids is 1. The topological polar surface area (TPSA) is 44.8 Å². The molecule has 3 unspecified atom stereocenters. The van der Waals surface area contributed by atoms with Crippen molar-refractivity contribution in [3.05, 3.63) is 12.2 Å². The fraction of sp³-hybridized carbons (Fsp3) is 0.769. The Morgan fingerprint density at radius 1 is 1.52 bits per heavy atom. The van der Waals surface area contributed by atoms with Gasteiger partial charge in [0.15, 0.2) is 0 Å². The summed E-state index contributed by atoms with van der Waals surface area (Å²) in [6, 6.07) is 0. The normalized spacial score (nSPS) is 33.2. The van der Waals surface area contributed by atoms with Crippen molar-refractivity contribution < 1.29 is 18.7 Å². The molecule has 2 aliphatic rings. The molecule has 1 saturated heterocycles. The lowest BCUT2D eigenvalue weighted by Crippen LogP contribution is -2.24. The summed E-state index contributed by atoms with van der Waals surface area (Å²) < 4.78 is 16.7. The van der Waals surface area contributed by atoms with Gasteiger partial charge < -0.3 is 13.9 Å². The van der Waals surface area contributed by atoms with Crippen LogP contribution in [0.5, 0.6) is 0 Å². The molecule has 1 aliphatic carbocycles. The Balaban J connectivity index is 2.06. The molecule has 4 nitrogen and oxygen atoms in total. The number of ether oxygens (including phenoxy) is 1. The molecule has 21 heavy (non-hydrogen) atoms. The van der Waals surface area contributed by atoms with E-state index in [-0.39, 0.29) is 42.5 Å². The number of carbonyl (C=O) groups is 1. The summed E-state index contributed by atoms with van der Waals surface area (Å²) in [5.74, 6) is 0.367. The summed E-state index contributed by atoms with van der Waals surface area (Å²) in [6.07, 6.45) is 7.82. The molecule has 8 atom stereocenters. The minimum absolute atomic E-state index is 0.00689. The number of hydrogen-bond acceptors (Lipinski definition) is 4. The van der Waals surface area contributed by atoms with Crippen LogP contribution in [0.2, 0.25) is 0 Å². The molecule has 0 radical (unpaired) electrons. The number of rotatable bonds is 7. The Kier molecular flexibility index (Phi) is 7.11. The van der Waals surface area contributed by atoms with Crippen molar-refractivity contribution in [3.8, 4) is 0 Å². The Morgan fingerprint density at radius 3 is 2.90 bits per heavy atom. The van der Waals surface area contributed by atoms with Crippen molar-refractivity contribution in [1.29, 1.82) is 0 Å². The average molecular weight is 348 g/mol. The molecule has 118 valence electrons. The van der Waals surface area contributed by atoms with E-state index in [0.29, 0.717) is 6.42 Å². The molecule has 0 aromatic carbocycles. The number of esters is 1. The van der Waals surface area contributed by atoms with Crippen molar-refractivity contribution in [2.75, 3.05) is 0 Å². The van der Waals surface area contributed by atoms with Crippen molar-refractivity contribution >= 4 is 40.0 Å². The van der Waals surface area contributed by atoms with Gasteiger partial charge in [-0.2, -0.15) is 0 Å². The van der Waals surface area contributed by atoms with Gasteiger partial charge in [-0.3, -0.25) is 4.79 Å². The molecule has 8 heteroatoms. The van der Waals surface area contributed by atoms with E-state index in [4.69, 9.17) is 13.9 Å². The third-order valence-electron chi connectivity index (χ3n) is 4.18. The standard InChI is InChI=1S/C13H24BO4P3/c1-2-3-8(18-21)4-5-9-10-6-13(15)16-11(10)7-12(9)17-14(19)20/h4-5,8-12H,2-3,6-7,19-21H2,1H3/b5-4+/t8-,9+,10+,11-,12+/m0/s1. The molecular weight excluding hydrogens is 324 g/mol. The highest BCUT2D eigenvalue weighted by Crippen LogP contribution is 2.44. The Labute approximate surface area is 134 Å². The average Bonchev–Trinajstić information content (AvgIpc) is 2.90. The fourth-order valence-electron chi connectivity index (χ4n) is 3.26. The van der Waals surface area contributed by atoms with Crippen LogP contribution in [-0.4, -0.2) is 30.6 Å². The van der Waals surface area contributed by atoms with Gasteiger partial charge in [-0.15, -0.1) is 18.2 Å². The van der Waals surface area contributed by atoms with Gasteiger partial charge in [0.1, 0.15) is 6.10 Å². The highest BCUT2D eigenvalue weighted by Gasteiger charge is 2.49. The van der Waals surface area contributed by atoms with Gasteiger partial charge >= 0.3 is 12.3 Å². The van der Waals surface area contributed by atoms with Gasteiger partial charge in [-0.1, -0.05) is 25.5 Å². The maximum Gasteiger partial charge on any atom is 0.336 e. The smallest absolute Gasteiger partial charge is 0.336 e. The predicted octanol–water partition coefficient (Wildman–Crippen LogP) is 2.59. The second-order valence-corrected chi connectivity index (χ2v) is 8.05. The third kappa shape index (κ3) is 4.73. The van der Waals surface area contributed by atoms with Gasteiger partial charge in [0.25, 0.3) is 0 Å². The zero-order valence-corrected chi connectivity index (χ0v) is 15.8. The fourth-order valence-corrected chi connectivity index (χ4v) is 3.89. The first-order chi connectivity index (χ1) is 10.0. The van der Waals surface area contributed by atoms with E-state index in [1.165, 1.54) is 0 Å². The van der Waals surface area contributed by atoms with E-state index in [0.717, 1.165) is 19.3 Å². The Bertz CT molecular complexity index is 394. The molecule has 1 heterocycles. The lowest BCUT2D eigenvalue weighted by atomic mass is 9.91. The highest BCUT2D eigenvalue weighted by molar-refractivity contribution is 7.92. The second-order valence-electron chi connectivity index (χ2n) is 5.70. The number of fused-ring (bicyclic) bond motifs is 1. The minimum Gasteiger partial charge on any atom is -0.462 e. The summed E-state index contributed by atoms with van der Waals surface area (Å²) in [6.45, 7) is 2.14. The van der Waals surface area contributed by atoms with Crippen LogP contribution in [-0.2, 0) is 18.7 Å². The largest absolute Gasteiger partial charge is 0.462 e. The SMILES string of the molecule is CCC[C@@H](/C=C/[C@@H]1[C@H]2CC(=O)O[C@H]2C[C@H]1OB(P)P)OP. The van der Waals surface area contributed by atoms with Crippen LogP contribution in [0.25, 0.3) is 0 Å². The molecule has 2 rings (SSSR count). The molecule has 1 saturated carbocycles. The monoisotopic (exact) mass is 348 g/mol. The van der Waals surface area contributed by atoms with E-state index in [1.54, 1.807) is 0 Å². The molecular formula is C13H24BO4P3. The van der Waals surface area contributed by atoms with E-state index in [9.17, 15) is 4.79 Å². The summed E-state index contributed by atoms with van der Waals surface area (Å²) in [4.78, 5) is 11.5. The third-order valence-corrected chi connectivity index (χ3v) is 4.84. The summed E-state index contributed by atoms with van der Waals surface area (Å²) >= 11 is 0. The molecule has 2 fully saturated rings. The minimum atomic E-state index is -0.0810. The quantitative estimate of drug-likeness (QED) is 0.307. The van der Waals surface area contributed by atoms with Crippen LogP contribution < -0.4 is 0 Å². The van der Waals surface area contributed by atoms with Crippen molar-refractivity contribution in [3.63, 3.8) is 0 Å². The first-order valence-corrected chi connectivity index (χ1v) is 9.25. The predicted molar refractivity (Wildman–Crippen MR) is 94.8 cm³/mol. The molecule has 0 spiro atoms. The molecule has 0 N–H and O–H groups in total. The van der Waals surface area contributed by atoms with Gasteiger partial charge in [0, 0.05) is 27.7 Å². The van der Waals surface area contributed by atoms with Crippen LogP contribution in [0.1, 0.15) is 32.6 Å². The second kappa shape index (κ2) is 8.37. The van der Waals surface area contributed by atoms with Gasteiger partial charge in [-0.25, -0.2) is 0 Å². The van der Waals surface area contributed by atoms with Gasteiger partial charge in [0.05, 0.1) is 18.6 Å². The molecule has 0 aromatic heterocycles. The van der Waals surface area contributed by atoms with Crippen molar-refractivity contribution in [2.45, 2.75) is 50.9 Å². The van der Waals surface area contributed by atoms with E-state index in [1.807, 2.05) is 0 Å². The summed E-state index contributed by atoms with van der Waals surface area (Å²) in [5.41, 5.74) is 0. The summed E-state index contributed by atoms with van der Waals surface area (Å²) in [7, 11) is 7.59. The maximum absolute atomic E-state index is 11.5. The van der Waals surface area contributed by atoms with Gasteiger partial charge in [0.2, 0.25) is 0 Å². The Morgan fingerprint density at radius 2 is 2.29 bits per heavy atom. The lowest BCUT2D eigenvalue weighted by Gasteiger charge is -2.22. The van der Waals surface area contributed by atoms with Crippen LogP contribution in [0.4, 0.5) is 0 Å². The molecule has 0 bridgehead atoms. The van der Waals surface area contributed by atoms with E-state index >= 15 is 0 Å². The van der Waals surface area contributed by atoms with Crippen LogP contribution in [0.15, 0.2) is 12.2 Å². The zero-order valence-electron chi connectivity index (χ0n) is 12.3. The van der Waals surface area contributed by atoms with E-state index < -0.39 is 0 Å². The first-order valence-electron chi connectivity index (χ1n) is 7.45. The van der Waals surface area contributed by atoms with Gasteiger partial charge in [-0.05, 0) is 6.42 Å². The van der Waals surface area contributed by atoms with Crippen molar-refractivity contribution in [2.24, 2.45) is 11.8 Å². The number of hydrogen-bond donors (Lipinski definition) is 0. The van der Waals surface area contributed by atoms with E-state index in [2.05, 4.69) is 46.8 Å². The maximum atomic E-state index is 11.5. The molecule has 1 aliphatic heterocycles. The van der Waals surface area contributed by atoms with Crippen LogP contribution in [0, 0.1) is 11.8 Å². The Hall–Kier alpha value is 0.485. The molecule has 0 aromatic rings. The van der Waals surface area contributed by atoms with Crippen molar-refractivity contribution in [1.82, 2.24) is 0 Å². The summed E-state index contributed by atoms with van der Waals surface area (Å²) in [5, 5.41) is 0. The lowest BCUT2D eigenvalue weighted by molar-refractivity contribution is -0.141. The molecule has 0 amide bonds. The zero-order chi connectivity index (χ0) is 15.4. The van der Waals surface area contributed by atoms with Crippen LogP contribution >= 0.6 is 27.7 Å². The highest BCUT2D eigenvalue weighted by atomic mass is 31.1. The van der Waals surface area contributed by atoms with Crippen LogP contribution in [0.3, 0.4) is 0 Å². The first kappa shape index (κ1) is 17.8.